The summed E-state index contributed by atoms with van der Waals surface area (Å²) in [6, 6.07) is 8.56. The zero-order chi connectivity index (χ0) is 17.4. The summed E-state index contributed by atoms with van der Waals surface area (Å²) in [6.45, 7) is 4.49. The van der Waals surface area contributed by atoms with Gasteiger partial charge in [-0.15, -0.1) is 0 Å². The van der Waals surface area contributed by atoms with Gasteiger partial charge in [0.25, 0.3) is 0 Å². The molecule has 2 atom stereocenters. The van der Waals surface area contributed by atoms with Crippen molar-refractivity contribution in [1.29, 1.82) is 0 Å². The van der Waals surface area contributed by atoms with Crippen molar-refractivity contribution >= 4 is 5.91 Å². The first-order valence-corrected chi connectivity index (χ1v) is 9.12. The molecule has 0 unspecified atom stereocenters. The SMILES string of the molecule is Cc1ccccc1C1(CNC(=O)[C@H]2CNC[C@@H]2c2cnn(C)c2)CC1. The molecule has 1 saturated heterocycles. The van der Waals surface area contributed by atoms with Gasteiger partial charge in [0.15, 0.2) is 0 Å². The first kappa shape index (κ1) is 16.3. The molecule has 2 heterocycles. The fourth-order valence-corrected chi connectivity index (χ4v) is 4.18. The number of aromatic nitrogens is 2. The summed E-state index contributed by atoms with van der Waals surface area (Å²) < 4.78 is 1.81. The van der Waals surface area contributed by atoms with Crippen molar-refractivity contribution in [2.24, 2.45) is 13.0 Å². The molecule has 2 aromatic rings. The minimum atomic E-state index is -0.0168. The van der Waals surface area contributed by atoms with Gasteiger partial charge in [0, 0.05) is 44.2 Å². The molecule has 1 aliphatic heterocycles. The maximum absolute atomic E-state index is 12.8. The smallest absolute Gasteiger partial charge is 0.225 e. The van der Waals surface area contributed by atoms with Gasteiger partial charge in [-0.25, -0.2) is 0 Å². The van der Waals surface area contributed by atoms with Crippen molar-refractivity contribution in [3.8, 4) is 0 Å². The molecule has 5 nitrogen and oxygen atoms in total. The molecule has 0 radical (unpaired) electrons. The number of rotatable bonds is 5. The second-order valence-electron chi connectivity index (χ2n) is 7.63. The minimum Gasteiger partial charge on any atom is -0.355 e. The molecule has 1 saturated carbocycles. The second kappa shape index (κ2) is 6.30. The molecular formula is C20H26N4O. The zero-order valence-corrected chi connectivity index (χ0v) is 15.0. The van der Waals surface area contributed by atoms with Gasteiger partial charge in [-0.1, -0.05) is 24.3 Å². The maximum atomic E-state index is 12.8. The molecule has 4 rings (SSSR count). The standard InChI is InChI=1S/C20H26N4O/c1-14-5-3-4-6-18(14)20(7-8-20)13-22-19(25)17-11-21-10-16(17)15-9-23-24(2)12-15/h3-6,9,12,16-17,21H,7-8,10-11,13H2,1-2H3,(H,22,25)/t16-,17+/m1/s1. The van der Waals surface area contributed by atoms with Crippen LogP contribution in [0.2, 0.25) is 0 Å². The normalized spacial score (nSPS) is 24.2. The lowest BCUT2D eigenvalue weighted by Crippen LogP contribution is -2.39. The molecule has 2 fully saturated rings. The van der Waals surface area contributed by atoms with Crippen molar-refractivity contribution in [2.75, 3.05) is 19.6 Å². The van der Waals surface area contributed by atoms with E-state index in [1.165, 1.54) is 11.1 Å². The third kappa shape index (κ3) is 3.09. The van der Waals surface area contributed by atoms with E-state index in [-0.39, 0.29) is 23.2 Å². The van der Waals surface area contributed by atoms with Crippen LogP contribution in [0.15, 0.2) is 36.7 Å². The average Bonchev–Trinajstić information content (AvgIpc) is 3.02. The fraction of sp³-hybridized carbons (Fsp3) is 0.500. The maximum Gasteiger partial charge on any atom is 0.225 e. The van der Waals surface area contributed by atoms with Gasteiger partial charge in [-0.3, -0.25) is 9.48 Å². The lowest BCUT2D eigenvalue weighted by molar-refractivity contribution is -0.124. The van der Waals surface area contributed by atoms with E-state index in [1.54, 1.807) is 4.68 Å². The summed E-state index contributed by atoms with van der Waals surface area (Å²) in [5.41, 5.74) is 4.01. The van der Waals surface area contributed by atoms with Crippen LogP contribution < -0.4 is 10.6 Å². The van der Waals surface area contributed by atoms with Crippen molar-refractivity contribution in [1.82, 2.24) is 20.4 Å². The minimum absolute atomic E-state index is 0.0168. The van der Waals surface area contributed by atoms with Crippen LogP contribution in [0, 0.1) is 12.8 Å². The van der Waals surface area contributed by atoms with E-state index >= 15 is 0 Å². The third-order valence-electron chi connectivity index (χ3n) is 5.87. The van der Waals surface area contributed by atoms with Crippen LogP contribution in [0.3, 0.4) is 0 Å². The molecule has 1 aromatic heterocycles. The number of aryl methyl sites for hydroxylation is 2. The van der Waals surface area contributed by atoms with Gasteiger partial charge < -0.3 is 10.6 Å². The highest BCUT2D eigenvalue weighted by Crippen LogP contribution is 2.48. The van der Waals surface area contributed by atoms with Gasteiger partial charge in [0.1, 0.15) is 0 Å². The fourth-order valence-electron chi connectivity index (χ4n) is 4.18. The van der Waals surface area contributed by atoms with Crippen molar-refractivity contribution in [3.05, 3.63) is 53.3 Å². The summed E-state index contributed by atoms with van der Waals surface area (Å²) >= 11 is 0. The molecule has 1 aliphatic carbocycles. The lowest BCUT2D eigenvalue weighted by atomic mass is 9.89. The highest BCUT2D eigenvalue weighted by Gasteiger charge is 2.46. The number of hydrogen-bond donors (Lipinski definition) is 2. The van der Waals surface area contributed by atoms with E-state index < -0.39 is 0 Å². The van der Waals surface area contributed by atoms with Crippen LogP contribution in [0.4, 0.5) is 0 Å². The molecule has 5 heteroatoms. The topological polar surface area (TPSA) is 59.0 Å². The first-order valence-electron chi connectivity index (χ1n) is 9.12. The molecule has 1 amide bonds. The molecule has 2 aliphatic rings. The summed E-state index contributed by atoms with van der Waals surface area (Å²) in [6.07, 6.45) is 6.22. The van der Waals surface area contributed by atoms with Gasteiger partial charge in [0.05, 0.1) is 12.1 Å². The van der Waals surface area contributed by atoms with E-state index in [0.717, 1.165) is 38.0 Å². The monoisotopic (exact) mass is 338 g/mol. The van der Waals surface area contributed by atoms with Crippen LogP contribution in [0.25, 0.3) is 0 Å². The summed E-state index contributed by atoms with van der Waals surface area (Å²) in [5.74, 6) is 0.359. The number of carbonyl (C=O) groups excluding carboxylic acids is 1. The molecular weight excluding hydrogens is 312 g/mol. The predicted octanol–water partition coefficient (Wildman–Crippen LogP) is 1.88. The largest absolute Gasteiger partial charge is 0.355 e. The van der Waals surface area contributed by atoms with Crippen molar-refractivity contribution in [3.63, 3.8) is 0 Å². The van der Waals surface area contributed by atoms with Crippen LogP contribution >= 0.6 is 0 Å². The van der Waals surface area contributed by atoms with Gasteiger partial charge >= 0.3 is 0 Å². The predicted molar refractivity (Wildman–Crippen MR) is 97.4 cm³/mol. The molecule has 0 bridgehead atoms. The number of amides is 1. The van der Waals surface area contributed by atoms with Crippen LogP contribution in [-0.4, -0.2) is 35.3 Å². The van der Waals surface area contributed by atoms with E-state index in [1.807, 2.05) is 19.4 Å². The van der Waals surface area contributed by atoms with E-state index in [4.69, 9.17) is 0 Å². The molecule has 25 heavy (non-hydrogen) atoms. The Balaban J connectivity index is 1.43. The van der Waals surface area contributed by atoms with Crippen molar-refractivity contribution < 1.29 is 4.79 Å². The summed E-state index contributed by atoms with van der Waals surface area (Å²) in [5, 5.41) is 10.9. The second-order valence-corrected chi connectivity index (χ2v) is 7.63. The molecule has 1 aromatic carbocycles. The van der Waals surface area contributed by atoms with Crippen LogP contribution in [0.1, 0.15) is 35.4 Å². The quantitative estimate of drug-likeness (QED) is 0.875. The Morgan fingerprint density at radius 3 is 2.84 bits per heavy atom. The molecule has 132 valence electrons. The molecule has 2 N–H and O–H groups in total. The molecule has 0 spiro atoms. The van der Waals surface area contributed by atoms with E-state index in [0.29, 0.717) is 0 Å². The third-order valence-corrected chi connectivity index (χ3v) is 5.87. The Labute approximate surface area is 148 Å². The number of benzene rings is 1. The van der Waals surface area contributed by atoms with E-state index in [2.05, 4.69) is 46.9 Å². The number of nitrogens with zero attached hydrogens (tertiary/aromatic N) is 2. The van der Waals surface area contributed by atoms with Crippen molar-refractivity contribution in [2.45, 2.75) is 31.1 Å². The van der Waals surface area contributed by atoms with Gasteiger partial charge in [0.2, 0.25) is 5.91 Å². The Hall–Kier alpha value is -2.14. The Bertz CT molecular complexity index is 778. The number of carbonyl (C=O) groups is 1. The first-order chi connectivity index (χ1) is 12.1. The average molecular weight is 338 g/mol. The van der Waals surface area contributed by atoms with Crippen LogP contribution in [0.5, 0.6) is 0 Å². The zero-order valence-electron chi connectivity index (χ0n) is 15.0. The Kier molecular flexibility index (Phi) is 4.12. The van der Waals surface area contributed by atoms with Gasteiger partial charge in [-0.2, -0.15) is 5.10 Å². The Morgan fingerprint density at radius 1 is 1.36 bits per heavy atom. The number of nitrogens with one attached hydrogen (secondary N) is 2. The highest BCUT2D eigenvalue weighted by atomic mass is 16.1. The number of hydrogen-bond acceptors (Lipinski definition) is 3. The van der Waals surface area contributed by atoms with E-state index in [9.17, 15) is 4.79 Å². The van der Waals surface area contributed by atoms with Gasteiger partial charge in [-0.05, 0) is 36.5 Å². The summed E-state index contributed by atoms with van der Waals surface area (Å²) in [4.78, 5) is 12.8. The Morgan fingerprint density at radius 2 is 2.16 bits per heavy atom. The highest BCUT2D eigenvalue weighted by molar-refractivity contribution is 5.80. The lowest BCUT2D eigenvalue weighted by Gasteiger charge is -2.22. The van der Waals surface area contributed by atoms with Crippen LogP contribution in [-0.2, 0) is 17.3 Å². The summed E-state index contributed by atoms with van der Waals surface area (Å²) in [7, 11) is 1.92.